The first-order chi connectivity index (χ1) is 12.3. The Morgan fingerprint density at radius 2 is 1.92 bits per heavy atom. The number of hydrogen-bond acceptors (Lipinski definition) is 3. The molecular weight excluding hydrogens is 350 g/mol. The molecule has 1 fully saturated rings. The van der Waals surface area contributed by atoms with Crippen LogP contribution in [0.1, 0.15) is 18.4 Å². The number of carbonyl (C=O) groups excluding carboxylic acids is 1. The fourth-order valence-corrected chi connectivity index (χ4v) is 3.06. The monoisotopic (exact) mass is 367 g/mol. The van der Waals surface area contributed by atoms with E-state index >= 15 is 0 Å². The third-order valence-electron chi connectivity index (χ3n) is 4.45. The Balaban J connectivity index is 1.84. The number of anilines is 2. The Bertz CT molecular complexity index is 792. The molecule has 1 aromatic heterocycles. The van der Waals surface area contributed by atoms with Crippen LogP contribution in [0.25, 0.3) is 0 Å². The van der Waals surface area contributed by atoms with Crippen molar-refractivity contribution in [2.45, 2.75) is 25.1 Å². The minimum absolute atomic E-state index is 0.128. The number of rotatable bonds is 3. The van der Waals surface area contributed by atoms with Gasteiger partial charge in [0.25, 0.3) is 0 Å². The summed E-state index contributed by atoms with van der Waals surface area (Å²) in [5, 5.41) is 0. The Kier molecular flexibility index (Phi) is 4.84. The topological polar surface area (TPSA) is 36.4 Å². The van der Waals surface area contributed by atoms with E-state index in [0.717, 1.165) is 18.3 Å². The summed E-state index contributed by atoms with van der Waals surface area (Å²) in [6, 6.07) is 6.72. The minimum atomic E-state index is -4.47. The Hall–Kier alpha value is -2.64. The largest absolute Gasteiger partial charge is 0.416 e. The van der Waals surface area contributed by atoms with Crippen LogP contribution in [0.15, 0.2) is 42.6 Å². The molecule has 1 aliphatic heterocycles. The van der Waals surface area contributed by atoms with E-state index in [-0.39, 0.29) is 11.7 Å². The number of benzene rings is 1. The van der Waals surface area contributed by atoms with E-state index in [2.05, 4.69) is 4.98 Å². The van der Waals surface area contributed by atoms with Crippen LogP contribution in [0, 0.1) is 5.82 Å². The lowest BCUT2D eigenvalue weighted by molar-refractivity contribution is -0.137. The molecule has 1 unspecified atom stereocenters. The zero-order chi connectivity index (χ0) is 18.9. The average Bonchev–Trinajstić information content (AvgIpc) is 3.10. The van der Waals surface area contributed by atoms with Crippen LogP contribution in [0.5, 0.6) is 0 Å². The summed E-state index contributed by atoms with van der Waals surface area (Å²) >= 11 is 0. The highest BCUT2D eigenvalue weighted by Crippen LogP contribution is 2.33. The summed E-state index contributed by atoms with van der Waals surface area (Å²) in [7, 11) is 1.56. The Morgan fingerprint density at radius 1 is 1.23 bits per heavy atom. The van der Waals surface area contributed by atoms with E-state index in [0.29, 0.717) is 25.1 Å². The summed E-state index contributed by atoms with van der Waals surface area (Å²) in [6.45, 7) is 0.446. The zero-order valence-electron chi connectivity index (χ0n) is 14.0. The molecule has 0 radical (unpaired) electrons. The molecule has 0 saturated carbocycles. The highest BCUT2D eigenvalue weighted by atomic mass is 19.4. The van der Waals surface area contributed by atoms with Crippen molar-refractivity contribution in [1.82, 2.24) is 4.98 Å². The molecule has 4 nitrogen and oxygen atoms in total. The Labute approximate surface area is 148 Å². The molecule has 1 aromatic carbocycles. The lowest BCUT2D eigenvalue weighted by Gasteiger charge is -2.29. The first kappa shape index (κ1) is 18.2. The second-order valence-corrected chi connectivity index (χ2v) is 6.13. The normalized spacial score (nSPS) is 17.4. The highest BCUT2D eigenvalue weighted by molar-refractivity contribution is 5.98. The number of nitrogens with zero attached hydrogens (tertiary/aromatic N) is 3. The van der Waals surface area contributed by atoms with Gasteiger partial charge in [0.15, 0.2) is 0 Å². The Morgan fingerprint density at radius 3 is 2.58 bits per heavy atom. The van der Waals surface area contributed by atoms with Crippen LogP contribution in [-0.2, 0) is 11.0 Å². The van der Waals surface area contributed by atoms with E-state index in [9.17, 15) is 22.4 Å². The van der Waals surface area contributed by atoms with Gasteiger partial charge in [0, 0.05) is 25.5 Å². The molecule has 0 bridgehead atoms. The van der Waals surface area contributed by atoms with Crippen LogP contribution in [0.2, 0.25) is 0 Å². The molecule has 138 valence electrons. The van der Waals surface area contributed by atoms with Gasteiger partial charge >= 0.3 is 6.18 Å². The van der Waals surface area contributed by atoms with Gasteiger partial charge in [0.2, 0.25) is 5.91 Å². The van der Waals surface area contributed by atoms with Gasteiger partial charge in [-0.05, 0) is 49.2 Å². The minimum Gasteiger partial charge on any atom is -0.345 e. The summed E-state index contributed by atoms with van der Waals surface area (Å²) in [5.74, 6) is -0.554. The number of hydrogen-bond donors (Lipinski definition) is 0. The molecule has 0 N–H and O–H groups in total. The summed E-state index contributed by atoms with van der Waals surface area (Å²) in [5.41, 5.74) is -0.285. The highest BCUT2D eigenvalue weighted by Gasteiger charge is 2.36. The predicted molar refractivity (Wildman–Crippen MR) is 89.4 cm³/mol. The van der Waals surface area contributed by atoms with Crippen molar-refractivity contribution in [1.29, 1.82) is 0 Å². The quantitative estimate of drug-likeness (QED) is 0.773. The van der Waals surface area contributed by atoms with E-state index in [4.69, 9.17) is 0 Å². The molecule has 1 amide bonds. The fourth-order valence-electron chi connectivity index (χ4n) is 3.06. The van der Waals surface area contributed by atoms with Gasteiger partial charge in [-0.25, -0.2) is 9.37 Å². The third-order valence-corrected chi connectivity index (χ3v) is 4.45. The van der Waals surface area contributed by atoms with Gasteiger partial charge in [-0.15, -0.1) is 0 Å². The molecule has 1 aliphatic rings. The number of amides is 1. The van der Waals surface area contributed by atoms with Crippen molar-refractivity contribution in [3.05, 3.63) is 54.0 Å². The number of alkyl halides is 3. The standard InChI is InChI=1S/C18H17F4N3O/c1-24(14-6-4-13(19)5-7-14)17(26)15-3-2-10-25(15)16-11-12(8-9-23-16)18(20,21)22/h4-9,11,15H,2-3,10H2,1H3. The van der Waals surface area contributed by atoms with Crippen molar-refractivity contribution in [2.75, 3.05) is 23.4 Å². The van der Waals surface area contributed by atoms with Crippen molar-refractivity contribution >= 4 is 17.4 Å². The van der Waals surface area contributed by atoms with Crippen molar-refractivity contribution in [3.63, 3.8) is 0 Å². The van der Waals surface area contributed by atoms with Gasteiger partial charge in [0.05, 0.1) is 5.56 Å². The SMILES string of the molecule is CN(C(=O)C1CCCN1c1cc(C(F)(F)F)ccn1)c1ccc(F)cc1. The van der Waals surface area contributed by atoms with Crippen LogP contribution < -0.4 is 9.80 Å². The number of aromatic nitrogens is 1. The number of carbonyl (C=O) groups is 1. The van der Waals surface area contributed by atoms with E-state index < -0.39 is 23.6 Å². The second-order valence-electron chi connectivity index (χ2n) is 6.13. The molecule has 0 spiro atoms. The summed E-state index contributed by atoms with van der Waals surface area (Å²) in [4.78, 5) is 19.8. The van der Waals surface area contributed by atoms with Gasteiger partial charge in [-0.1, -0.05) is 0 Å². The van der Waals surface area contributed by atoms with E-state index in [1.165, 1.54) is 29.2 Å². The molecule has 26 heavy (non-hydrogen) atoms. The maximum atomic E-state index is 13.1. The number of pyridine rings is 1. The summed E-state index contributed by atoms with van der Waals surface area (Å²) < 4.78 is 51.9. The van der Waals surface area contributed by atoms with Gasteiger partial charge in [-0.3, -0.25) is 4.79 Å². The molecule has 8 heteroatoms. The molecule has 3 rings (SSSR count). The molecule has 2 heterocycles. The molecular formula is C18H17F4N3O. The fraction of sp³-hybridized carbons (Fsp3) is 0.333. The van der Waals surface area contributed by atoms with Crippen molar-refractivity contribution < 1.29 is 22.4 Å². The van der Waals surface area contributed by atoms with E-state index in [1.807, 2.05) is 0 Å². The van der Waals surface area contributed by atoms with Crippen LogP contribution in [0.4, 0.5) is 29.1 Å². The third kappa shape index (κ3) is 3.63. The maximum Gasteiger partial charge on any atom is 0.416 e. The average molecular weight is 367 g/mol. The van der Waals surface area contributed by atoms with Crippen LogP contribution in [0.3, 0.4) is 0 Å². The lowest BCUT2D eigenvalue weighted by atomic mass is 10.1. The molecule has 0 aliphatic carbocycles. The first-order valence-electron chi connectivity index (χ1n) is 8.10. The summed E-state index contributed by atoms with van der Waals surface area (Å²) in [6.07, 6.45) is -2.18. The van der Waals surface area contributed by atoms with Gasteiger partial charge in [0.1, 0.15) is 17.7 Å². The maximum absolute atomic E-state index is 13.1. The number of halogens is 4. The smallest absolute Gasteiger partial charge is 0.345 e. The molecule has 1 atom stereocenters. The zero-order valence-corrected chi connectivity index (χ0v) is 14.0. The van der Waals surface area contributed by atoms with Gasteiger partial charge in [-0.2, -0.15) is 13.2 Å². The van der Waals surface area contributed by atoms with Crippen molar-refractivity contribution in [2.24, 2.45) is 0 Å². The van der Waals surface area contributed by atoms with Crippen LogP contribution >= 0.6 is 0 Å². The first-order valence-corrected chi connectivity index (χ1v) is 8.10. The molecule has 1 saturated heterocycles. The molecule has 2 aromatic rings. The number of likely N-dealkylation sites (N-methyl/N-ethyl adjacent to an activating group) is 1. The van der Waals surface area contributed by atoms with Crippen molar-refractivity contribution in [3.8, 4) is 0 Å². The van der Waals surface area contributed by atoms with E-state index in [1.54, 1.807) is 11.9 Å². The van der Waals surface area contributed by atoms with Gasteiger partial charge < -0.3 is 9.80 Å². The lowest BCUT2D eigenvalue weighted by Crippen LogP contribution is -2.44. The van der Waals surface area contributed by atoms with Crippen LogP contribution in [-0.4, -0.2) is 30.5 Å². The predicted octanol–water partition coefficient (Wildman–Crippen LogP) is 3.87. The second kappa shape index (κ2) is 6.93.